The summed E-state index contributed by atoms with van der Waals surface area (Å²) in [4.78, 5) is 5.39. The minimum absolute atomic E-state index is 0.0689. The SMILES string of the molecule is FC(F)(F)c1nsc(N2CCCCC2CCl)n1. The van der Waals surface area contributed by atoms with Crippen LogP contribution in [0.3, 0.4) is 0 Å². The summed E-state index contributed by atoms with van der Waals surface area (Å²) in [6.07, 6.45) is -1.57. The molecule has 1 fully saturated rings. The lowest BCUT2D eigenvalue weighted by Gasteiger charge is -2.33. The first-order valence-electron chi connectivity index (χ1n) is 5.26. The monoisotopic (exact) mass is 285 g/mol. The maximum atomic E-state index is 12.4. The third kappa shape index (κ3) is 2.82. The van der Waals surface area contributed by atoms with E-state index in [9.17, 15) is 13.2 Å². The van der Waals surface area contributed by atoms with Crippen molar-refractivity contribution in [3.05, 3.63) is 5.82 Å². The van der Waals surface area contributed by atoms with Crippen LogP contribution < -0.4 is 4.90 Å². The van der Waals surface area contributed by atoms with Gasteiger partial charge in [0.15, 0.2) is 0 Å². The van der Waals surface area contributed by atoms with Crippen molar-refractivity contribution in [2.45, 2.75) is 31.5 Å². The average molecular weight is 286 g/mol. The highest BCUT2D eigenvalue weighted by atomic mass is 35.5. The van der Waals surface area contributed by atoms with E-state index in [-0.39, 0.29) is 6.04 Å². The van der Waals surface area contributed by atoms with Crippen molar-refractivity contribution in [2.24, 2.45) is 0 Å². The number of halogens is 4. The van der Waals surface area contributed by atoms with Gasteiger partial charge in [-0.3, -0.25) is 0 Å². The van der Waals surface area contributed by atoms with Crippen LogP contribution in [0.2, 0.25) is 0 Å². The molecule has 0 amide bonds. The van der Waals surface area contributed by atoms with Crippen molar-refractivity contribution >= 4 is 28.3 Å². The van der Waals surface area contributed by atoms with Gasteiger partial charge in [0.1, 0.15) is 0 Å². The van der Waals surface area contributed by atoms with Gasteiger partial charge in [-0.1, -0.05) is 0 Å². The summed E-state index contributed by atoms with van der Waals surface area (Å²) in [7, 11) is 0. The van der Waals surface area contributed by atoms with Gasteiger partial charge in [-0.05, 0) is 19.3 Å². The molecule has 1 atom stereocenters. The normalized spacial score (nSPS) is 21.9. The summed E-state index contributed by atoms with van der Waals surface area (Å²) in [6.45, 7) is 0.698. The van der Waals surface area contributed by atoms with E-state index in [1.54, 1.807) is 0 Å². The number of hydrogen-bond acceptors (Lipinski definition) is 4. The van der Waals surface area contributed by atoms with Gasteiger partial charge in [0, 0.05) is 30.0 Å². The summed E-state index contributed by atoms with van der Waals surface area (Å²) < 4.78 is 40.5. The number of aromatic nitrogens is 2. The number of hydrogen-bond donors (Lipinski definition) is 0. The Morgan fingerprint density at radius 2 is 2.18 bits per heavy atom. The lowest BCUT2D eigenvalue weighted by Crippen LogP contribution is -2.40. The molecule has 0 radical (unpaired) electrons. The van der Waals surface area contributed by atoms with Crippen LogP contribution in [0.15, 0.2) is 0 Å². The van der Waals surface area contributed by atoms with Gasteiger partial charge < -0.3 is 4.90 Å². The van der Waals surface area contributed by atoms with E-state index in [1.165, 1.54) is 0 Å². The van der Waals surface area contributed by atoms with Crippen molar-refractivity contribution in [2.75, 3.05) is 17.3 Å². The molecular weight excluding hydrogens is 275 g/mol. The van der Waals surface area contributed by atoms with Gasteiger partial charge in [0.05, 0.1) is 0 Å². The van der Waals surface area contributed by atoms with E-state index in [1.807, 2.05) is 4.90 Å². The maximum absolute atomic E-state index is 12.4. The molecule has 1 unspecified atom stereocenters. The van der Waals surface area contributed by atoms with Gasteiger partial charge in [-0.2, -0.15) is 22.5 Å². The Hall–Kier alpha value is -0.560. The minimum atomic E-state index is -4.47. The number of piperidine rings is 1. The Balaban J connectivity index is 2.18. The molecule has 8 heteroatoms. The standard InChI is InChI=1S/C9H11ClF3N3S/c10-5-6-3-1-2-4-16(6)8-14-7(15-17-8)9(11,12)13/h6H,1-5H2. The molecule has 2 heterocycles. The number of rotatable bonds is 2. The zero-order chi connectivity index (χ0) is 12.5. The van der Waals surface area contributed by atoms with Gasteiger partial charge in [0.25, 0.3) is 0 Å². The first-order valence-corrected chi connectivity index (χ1v) is 6.56. The molecule has 3 nitrogen and oxygen atoms in total. The Morgan fingerprint density at radius 3 is 2.76 bits per heavy atom. The second kappa shape index (κ2) is 4.97. The molecule has 0 N–H and O–H groups in total. The van der Waals surface area contributed by atoms with Gasteiger partial charge in [0.2, 0.25) is 11.0 Å². The molecular formula is C9H11ClF3N3S. The number of anilines is 1. The fourth-order valence-corrected chi connectivity index (χ4v) is 2.97. The molecule has 0 spiro atoms. The highest BCUT2D eigenvalue weighted by Crippen LogP contribution is 2.32. The predicted octanol–water partition coefficient (Wildman–Crippen LogP) is 3.15. The minimum Gasteiger partial charge on any atom is -0.343 e. The third-order valence-corrected chi connectivity index (χ3v) is 3.83. The van der Waals surface area contributed by atoms with E-state index in [4.69, 9.17) is 11.6 Å². The first-order chi connectivity index (χ1) is 8.02. The van der Waals surface area contributed by atoms with Crippen molar-refractivity contribution < 1.29 is 13.2 Å². The van der Waals surface area contributed by atoms with Gasteiger partial charge >= 0.3 is 6.18 Å². The summed E-state index contributed by atoms with van der Waals surface area (Å²) in [6, 6.07) is 0.0689. The molecule has 1 aromatic heterocycles. The van der Waals surface area contributed by atoms with E-state index in [2.05, 4.69) is 9.36 Å². The van der Waals surface area contributed by atoms with Crippen molar-refractivity contribution in [3.8, 4) is 0 Å². The molecule has 0 aromatic carbocycles. The lowest BCUT2D eigenvalue weighted by molar-refractivity contribution is -0.144. The summed E-state index contributed by atoms with van der Waals surface area (Å²) in [5.74, 6) is -0.655. The van der Waals surface area contributed by atoms with Crippen LogP contribution in [0.25, 0.3) is 0 Å². The fourth-order valence-electron chi connectivity index (χ4n) is 1.86. The Labute approximate surface area is 106 Å². The molecule has 0 bridgehead atoms. The van der Waals surface area contributed by atoms with Crippen molar-refractivity contribution in [3.63, 3.8) is 0 Å². The van der Waals surface area contributed by atoms with E-state index < -0.39 is 12.0 Å². The zero-order valence-corrected chi connectivity index (χ0v) is 10.4. The van der Waals surface area contributed by atoms with Gasteiger partial charge in [-0.25, -0.2) is 0 Å². The molecule has 96 valence electrons. The predicted molar refractivity (Wildman–Crippen MR) is 60.6 cm³/mol. The van der Waals surface area contributed by atoms with Crippen molar-refractivity contribution in [1.29, 1.82) is 0 Å². The van der Waals surface area contributed by atoms with Crippen LogP contribution in [0.4, 0.5) is 18.3 Å². The lowest BCUT2D eigenvalue weighted by atomic mass is 10.0. The Kier molecular flexibility index (Phi) is 3.77. The highest BCUT2D eigenvalue weighted by molar-refractivity contribution is 7.09. The smallest absolute Gasteiger partial charge is 0.343 e. The maximum Gasteiger partial charge on any atom is 0.452 e. The van der Waals surface area contributed by atoms with Gasteiger partial charge in [-0.15, -0.1) is 11.6 Å². The first kappa shape index (κ1) is 12.9. The molecule has 1 aliphatic rings. The van der Waals surface area contributed by atoms with Crippen LogP contribution >= 0.6 is 23.1 Å². The third-order valence-electron chi connectivity index (χ3n) is 2.72. The van der Waals surface area contributed by atoms with Crippen LogP contribution in [-0.4, -0.2) is 27.8 Å². The molecule has 0 aliphatic carbocycles. The van der Waals surface area contributed by atoms with E-state index in [0.717, 1.165) is 30.8 Å². The quantitative estimate of drug-likeness (QED) is 0.782. The summed E-state index contributed by atoms with van der Waals surface area (Å²) in [5, 5.41) is 0.322. The summed E-state index contributed by atoms with van der Waals surface area (Å²) >= 11 is 6.60. The van der Waals surface area contributed by atoms with Crippen LogP contribution in [0.1, 0.15) is 25.1 Å². The number of alkyl halides is 4. The van der Waals surface area contributed by atoms with Crippen LogP contribution in [0, 0.1) is 0 Å². The number of nitrogens with zero attached hydrogens (tertiary/aromatic N) is 3. The van der Waals surface area contributed by atoms with E-state index in [0.29, 0.717) is 17.6 Å². The zero-order valence-electron chi connectivity index (χ0n) is 8.87. The van der Waals surface area contributed by atoms with Crippen LogP contribution in [0.5, 0.6) is 0 Å². The molecule has 1 saturated heterocycles. The van der Waals surface area contributed by atoms with E-state index >= 15 is 0 Å². The molecule has 0 saturated carbocycles. The molecule has 2 rings (SSSR count). The largest absolute Gasteiger partial charge is 0.452 e. The molecule has 1 aromatic rings. The average Bonchev–Trinajstić information content (AvgIpc) is 2.77. The fraction of sp³-hybridized carbons (Fsp3) is 0.778. The summed E-state index contributed by atoms with van der Waals surface area (Å²) in [5.41, 5.74) is 0. The van der Waals surface area contributed by atoms with Crippen LogP contribution in [-0.2, 0) is 6.18 Å². The second-order valence-electron chi connectivity index (χ2n) is 3.90. The second-order valence-corrected chi connectivity index (χ2v) is 4.93. The highest BCUT2D eigenvalue weighted by Gasteiger charge is 2.37. The van der Waals surface area contributed by atoms with Crippen molar-refractivity contribution in [1.82, 2.24) is 9.36 Å². The topological polar surface area (TPSA) is 29.0 Å². The Morgan fingerprint density at radius 1 is 1.41 bits per heavy atom. The Bertz CT molecular complexity index is 382. The molecule has 1 aliphatic heterocycles. The molecule has 17 heavy (non-hydrogen) atoms.